The summed E-state index contributed by atoms with van der Waals surface area (Å²) in [6.07, 6.45) is 18.6. The zero-order valence-electron chi connectivity index (χ0n) is 86.1. The molecule has 25 heteroatoms. The fourth-order valence-corrected chi connectivity index (χ4v) is 12.3. The Labute approximate surface area is 852 Å². The number of terminal acetylenes is 1. The first-order chi connectivity index (χ1) is 63.7. The van der Waals surface area contributed by atoms with Crippen LogP contribution >= 0.6 is 63.1 Å². The van der Waals surface area contributed by atoms with Crippen LogP contribution in [0.15, 0.2) is 30.3 Å². The van der Waals surface area contributed by atoms with Gasteiger partial charge in [-0.05, 0) is 230 Å². The van der Waals surface area contributed by atoms with Gasteiger partial charge in [-0.1, -0.05) is 187 Å². The normalized spacial score (nSPS) is 11.2. The minimum absolute atomic E-state index is 0.00205. The van der Waals surface area contributed by atoms with Gasteiger partial charge in [0.25, 0.3) is 19.4 Å². The molecule has 0 aliphatic heterocycles. The van der Waals surface area contributed by atoms with Crippen LogP contribution in [0.2, 0.25) is 0 Å². The second-order valence-corrected chi connectivity index (χ2v) is 44.2. The Morgan fingerprint density at radius 1 is 0.387 bits per heavy atom. The van der Waals surface area contributed by atoms with Crippen molar-refractivity contribution < 1.29 is 67.0 Å². The standard InChI is InChI=1S/C33H4.C21H33NO3S.C16H30N2O4S.C14H27NO3S.C14H29NOS.C13H27NOS.CO2/c1-3-5-7-9-11-13-15-17-19-21-23-25-27-29-31-33-32-30-28-26-24-22-20-18-16-14-12-10-8-6-4-2;1-6-20(2,3)18(12-16-10-8-7-9-11-16)19(24)22-17(14-25-15-23)13-21(4,5)26;1-15(2,17-5)9-13(20)6-7-14(21)18-12(10-22-11-19)8-16(3,4)23;1-6-13(2,3)8-12(17)15-11(9-18-10-16)7-14(4,5)19;1-13(2,15-5)10-6-8-12(16)9-7-11-14(3,4)17;1-7-12(3,4)9-11(15)14-10(2)8-13(5,6)16;2-1-3/h1H,2H3;7-11,15,17-18,26H,6,12-14H2,1-5H3,(H,22,24);11-12,17,23H,6-10H2,1-5H3,(H,18,21);10-11,19H,6-9H2,1-5H3,(H,15,17);15,17H,6-11H2,1-5H3;10,16H,7-9H2,1-6H3,(H,14,15);/t;17-,18-;12-;11-;;10-;/m.000.1./s1. The van der Waals surface area contributed by atoms with E-state index in [0.29, 0.717) is 76.6 Å². The van der Waals surface area contributed by atoms with Crippen molar-refractivity contribution in [3.8, 4) is 190 Å². The van der Waals surface area contributed by atoms with E-state index in [4.69, 9.17) is 30.2 Å². The molecule has 137 heavy (non-hydrogen) atoms. The number of thiol groups is 5. The highest BCUT2D eigenvalue weighted by molar-refractivity contribution is 7.82. The van der Waals surface area contributed by atoms with Crippen molar-refractivity contribution in [1.82, 2.24) is 31.9 Å². The van der Waals surface area contributed by atoms with Crippen LogP contribution in [-0.2, 0) is 73.4 Å². The largest absolute Gasteiger partial charge is 0.466 e. The molecule has 0 heterocycles. The molecular formula is C112H150N6O14S5. The SMILES string of the molecule is C#CC#CC#CC#CC#CC#CC#CC#CC#CC#CC#CC#CC#CC#CC#CC#CC.CCC(C)(C)CC(=O)N[C@H](C)CC(C)(C)S.CCC(C)(C)CC(=O)N[C@H](COC=O)CC(C)(C)S.CCC(C)(C)[C@@H](Cc1ccccc1)C(=O)N[C@H](COC=O)CC(C)(C)S.CNC(C)(C)CC(=O)CCC(=O)N[C@H](COC=O)CC(C)(C)S.CNC(C)(C)CCCC(=O)CCCC(C)(C)S.O=C=O. The molecule has 0 aromatic heterocycles. The van der Waals surface area contributed by atoms with Crippen molar-refractivity contribution in [3.63, 3.8) is 0 Å². The average Bonchev–Trinajstić information content (AvgIpc) is 0.827. The fraction of sp³-hybridized carbons (Fsp3) is 0.571. The first-order valence-corrected chi connectivity index (χ1v) is 47.2. The molecule has 742 valence electrons. The molecule has 0 aliphatic rings. The van der Waals surface area contributed by atoms with Gasteiger partial charge in [-0.3, -0.25) is 43.2 Å². The van der Waals surface area contributed by atoms with E-state index in [1.54, 1.807) is 14.0 Å². The number of amides is 4. The Morgan fingerprint density at radius 3 is 1.00 bits per heavy atom. The predicted molar refractivity (Wildman–Crippen MR) is 572 cm³/mol. The molecule has 1 aromatic carbocycles. The van der Waals surface area contributed by atoms with E-state index in [-0.39, 0.29) is 149 Å². The summed E-state index contributed by atoms with van der Waals surface area (Å²) in [5, 5.41) is 18.2. The van der Waals surface area contributed by atoms with Crippen LogP contribution in [0.5, 0.6) is 0 Å². The molecule has 6 N–H and O–H groups in total. The van der Waals surface area contributed by atoms with Crippen molar-refractivity contribution in [2.24, 2.45) is 22.2 Å². The Kier molecular flexibility index (Phi) is 78.6. The zero-order valence-corrected chi connectivity index (χ0v) is 90.6. The summed E-state index contributed by atoms with van der Waals surface area (Å²) in [5.41, 5.74) is 0.949. The maximum absolute atomic E-state index is 13.1. The van der Waals surface area contributed by atoms with Crippen LogP contribution in [0, 0.1) is 212 Å². The number of ether oxygens (including phenoxy) is 3. The van der Waals surface area contributed by atoms with Gasteiger partial charge in [-0.25, -0.2) is 0 Å². The highest BCUT2D eigenvalue weighted by Gasteiger charge is 2.36. The Morgan fingerprint density at radius 2 is 0.701 bits per heavy atom. The Bertz CT molecular complexity index is 5030. The summed E-state index contributed by atoms with van der Waals surface area (Å²) >= 11 is 22.4. The van der Waals surface area contributed by atoms with Gasteiger partial charge in [-0.2, -0.15) is 72.7 Å². The molecule has 1 aromatic rings. The minimum atomic E-state index is -0.316. The highest BCUT2D eigenvalue weighted by Crippen LogP contribution is 2.35. The third-order valence-electron chi connectivity index (χ3n) is 19.3. The molecule has 0 saturated heterocycles. The highest BCUT2D eigenvalue weighted by atomic mass is 32.1. The lowest BCUT2D eigenvalue weighted by Gasteiger charge is -2.34. The number of nitrogens with one attached hydrogen (secondary N) is 6. The summed E-state index contributed by atoms with van der Waals surface area (Å²) in [5.74, 6) is 77.1. The van der Waals surface area contributed by atoms with Gasteiger partial charge in [0.1, 0.15) is 31.4 Å². The summed E-state index contributed by atoms with van der Waals surface area (Å²) < 4.78 is 13.6. The van der Waals surface area contributed by atoms with Crippen molar-refractivity contribution in [2.75, 3.05) is 33.9 Å². The third-order valence-corrected chi connectivity index (χ3v) is 20.3. The molecular weight excluding hydrogens is 1810 g/mol. The van der Waals surface area contributed by atoms with Crippen molar-refractivity contribution in [3.05, 3.63) is 35.9 Å². The predicted octanol–water partition coefficient (Wildman–Crippen LogP) is 15.2. The molecule has 0 bridgehead atoms. The van der Waals surface area contributed by atoms with Gasteiger partial charge < -0.3 is 46.1 Å². The van der Waals surface area contributed by atoms with E-state index in [2.05, 4.69) is 395 Å². The quantitative estimate of drug-likeness (QED) is 0.0125. The summed E-state index contributed by atoms with van der Waals surface area (Å²) in [7, 11) is 3.77. The van der Waals surface area contributed by atoms with Crippen LogP contribution in [0.4, 0.5) is 0 Å². The average molecular weight is 1960 g/mol. The van der Waals surface area contributed by atoms with Crippen molar-refractivity contribution in [2.45, 2.75) is 354 Å². The first-order valence-electron chi connectivity index (χ1n) is 45.0. The van der Waals surface area contributed by atoms with E-state index >= 15 is 0 Å². The van der Waals surface area contributed by atoms with E-state index in [1.165, 1.54) is 0 Å². The topological polar surface area (TPSA) is 288 Å². The Hall–Kier alpha value is -11.1. The zero-order chi connectivity index (χ0) is 106. The maximum Gasteiger partial charge on any atom is 0.373 e. The van der Waals surface area contributed by atoms with E-state index < -0.39 is 0 Å². The first kappa shape index (κ1) is 137. The fourth-order valence-electron chi connectivity index (χ4n) is 11.2. The summed E-state index contributed by atoms with van der Waals surface area (Å²) in [6, 6.07) is 9.48. The number of carbonyl (C=O) groups excluding carboxylic acids is 11. The lowest BCUT2D eigenvalue weighted by Crippen LogP contribution is -2.47. The lowest BCUT2D eigenvalue weighted by molar-refractivity contribution is -0.192. The van der Waals surface area contributed by atoms with Crippen LogP contribution in [0.25, 0.3) is 0 Å². The second kappa shape index (κ2) is 78.9. The minimum Gasteiger partial charge on any atom is -0.466 e. The van der Waals surface area contributed by atoms with Crippen LogP contribution in [-0.4, -0.2) is 154 Å². The summed E-state index contributed by atoms with van der Waals surface area (Å²) in [4.78, 5) is 120. The molecule has 0 unspecified atom stereocenters. The van der Waals surface area contributed by atoms with Crippen molar-refractivity contribution in [1.29, 1.82) is 0 Å². The molecule has 20 nitrogen and oxygen atoms in total. The molecule has 0 saturated carbocycles. The molecule has 0 aliphatic carbocycles. The third kappa shape index (κ3) is 99.2. The van der Waals surface area contributed by atoms with Gasteiger partial charge in [0.2, 0.25) is 23.6 Å². The molecule has 0 fully saturated rings. The van der Waals surface area contributed by atoms with E-state index in [0.717, 1.165) is 63.4 Å². The van der Waals surface area contributed by atoms with Gasteiger partial charge >= 0.3 is 6.15 Å². The molecule has 4 amide bonds. The lowest BCUT2D eigenvalue weighted by atomic mass is 9.73. The van der Waals surface area contributed by atoms with Gasteiger partial charge in [0.05, 0.1) is 18.1 Å². The molecule has 5 atom stereocenters. The van der Waals surface area contributed by atoms with E-state index in [1.807, 2.05) is 87.6 Å². The van der Waals surface area contributed by atoms with Gasteiger partial charge in [-0.15, -0.1) is 6.42 Å². The number of Topliss-reactive ketones (excluding diaryl/α,β-unsaturated/α-hetero) is 2. The van der Waals surface area contributed by atoms with Crippen LogP contribution in [0.1, 0.15) is 294 Å². The summed E-state index contributed by atoms with van der Waals surface area (Å²) in [6.45, 7) is 52.5. The number of hydrogen-bond acceptors (Lipinski definition) is 21. The van der Waals surface area contributed by atoms with E-state index in [9.17, 15) is 43.2 Å². The molecule has 0 radical (unpaired) electrons. The number of ketones is 2. The number of benzene rings is 1. The van der Waals surface area contributed by atoms with Crippen molar-refractivity contribution >= 4 is 124 Å². The molecule has 0 spiro atoms. The monoisotopic (exact) mass is 1960 g/mol. The Balaban J connectivity index is -0.000000380. The number of hydrogen-bond donors (Lipinski definition) is 11. The second-order valence-electron chi connectivity index (χ2n) is 38.2. The molecule has 1 rings (SSSR count). The maximum atomic E-state index is 13.1. The smallest absolute Gasteiger partial charge is 0.373 e. The number of carbonyl (C=O) groups is 9. The van der Waals surface area contributed by atoms with Crippen LogP contribution in [0.3, 0.4) is 0 Å². The number of rotatable bonds is 47. The van der Waals surface area contributed by atoms with Gasteiger partial charge in [0, 0.05) is 175 Å². The van der Waals surface area contributed by atoms with Gasteiger partial charge in [0.15, 0.2) is 0 Å². The van der Waals surface area contributed by atoms with Crippen LogP contribution < -0.4 is 31.9 Å².